The van der Waals surface area contributed by atoms with Gasteiger partial charge >= 0.3 is 30.7 Å². The third kappa shape index (κ3) is 17.0. The Bertz CT molecular complexity index is 2540. The van der Waals surface area contributed by atoms with Crippen LogP contribution in [0.25, 0.3) is 0 Å². The van der Waals surface area contributed by atoms with Gasteiger partial charge in [-0.15, -0.1) is 21.1 Å². The fourth-order valence-corrected chi connectivity index (χ4v) is 9.40. The van der Waals surface area contributed by atoms with Crippen LogP contribution in [-0.2, 0) is 37.0 Å². The second-order valence-corrected chi connectivity index (χ2v) is 19.8. The maximum absolute atomic E-state index is 12.9. The molecule has 2 aromatic carbocycles. The first kappa shape index (κ1) is 60.3. The first-order valence-electron chi connectivity index (χ1n) is 26.5. The number of nitrogens with one attached hydrogen (secondary N) is 4. The zero-order valence-corrected chi connectivity index (χ0v) is 44.3. The number of unbranched alkanes of at least 4 members (excludes halogenated alkanes) is 7. The largest absolute Gasteiger partial charge is 0.586 e. The van der Waals surface area contributed by atoms with Gasteiger partial charge < -0.3 is 60.3 Å². The van der Waals surface area contributed by atoms with Gasteiger partial charge in [-0.3, -0.25) is 38.8 Å². The Kier molecular flexibility index (Phi) is 21.8. The van der Waals surface area contributed by atoms with Crippen molar-refractivity contribution in [1.29, 1.82) is 0 Å². The van der Waals surface area contributed by atoms with E-state index in [9.17, 15) is 52.2 Å². The lowest BCUT2D eigenvalue weighted by Crippen LogP contribution is -2.63. The lowest BCUT2D eigenvalue weighted by molar-refractivity contribution is -0.286. The Morgan fingerprint density at radius 2 is 1.10 bits per heavy atom. The van der Waals surface area contributed by atoms with Gasteiger partial charge in [0.15, 0.2) is 23.0 Å². The predicted octanol–water partition coefficient (Wildman–Crippen LogP) is 5.51. The lowest BCUT2D eigenvalue weighted by Gasteiger charge is -2.35. The highest BCUT2D eigenvalue weighted by Gasteiger charge is 2.44. The summed E-state index contributed by atoms with van der Waals surface area (Å²) in [4.78, 5) is 95.1. The fraction of sp³-hybridized carbons (Fsp3) is 0.585. The van der Waals surface area contributed by atoms with Gasteiger partial charge in [0.2, 0.25) is 30.4 Å². The number of carbonyl (C=O) groups excluding carboxylic acids is 5. The van der Waals surface area contributed by atoms with Crippen molar-refractivity contribution in [3.05, 3.63) is 47.5 Å². The average molecular weight is 1110 g/mol. The number of nitrogens with zero attached hydrogens (tertiary/aromatic N) is 4. The molecule has 0 unspecified atom stereocenters. The molecule has 432 valence electrons. The molecule has 9 rings (SSSR count). The number of ether oxygens (including phenoxy) is 5. The van der Waals surface area contributed by atoms with Crippen LogP contribution in [0, 0.1) is 18.3 Å². The molecule has 0 aromatic heterocycles. The number of carbonyl (C=O) groups is 8. The summed E-state index contributed by atoms with van der Waals surface area (Å²) >= 11 is 0. The summed E-state index contributed by atoms with van der Waals surface area (Å²) in [5.74, 6) is 3.48. The number of rotatable bonds is 20. The van der Waals surface area contributed by atoms with Crippen LogP contribution in [0.5, 0.6) is 23.0 Å². The predicted molar refractivity (Wildman–Crippen MR) is 275 cm³/mol. The quantitative estimate of drug-likeness (QED) is 0.0488. The molecular formula is C53H70F2N8O16. The van der Waals surface area contributed by atoms with Crippen molar-refractivity contribution in [1.82, 2.24) is 40.9 Å². The van der Waals surface area contributed by atoms with Gasteiger partial charge in [-0.1, -0.05) is 64.0 Å². The van der Waals surface area contributed by atoms with Gasteiger partial charge in [0.1, 0.15) is 30.3 Å². The third-order valence-electron chi connectivity index (χ3n) is 14.3. The minimum Gasteiger partial charge on any atom is -0.465 e. The highest BCUT2D eigenvalue weighted by molar-refractivity contribution is 5.92. The highest BCUT2D eigenvalue weighted by Crippen LogP contribution is 2.41. The van der Waals surface area contributed by atoms with Gasteiger partial charge in [0.05, 0.1) is 13.1 Å². The average Bonchev–Trinajstić information content (AvgIpc) is 4.01. The molecule has 7 aliphatic rings. The molecule has 6 heterocycles. The van der Waals surface area contributed by atoms with Crippen LogP contribution in [0.2, 0.25) is 0 Å². The standard InChI is InChI=1S/C15H24N2O3.C14H24N2O3.C12H10F2N2O5.C12H12N2O5/c1-2-3-4-5-6-7-8-9-10-11-17(15(19)20)13-12-16-14(13)18;1-3-4-10-5-7-11(8-6-10)19-14(18)16(2)12-9-15-13(12)17;13-12(14)20-8-2-1-6(3-9(8)21-12)5-16(11(18)19)7-4-15-10(7)17;15-11-8(4-13-11)14(12(16)17)5-7-1-2-9-10(3-7)19-6-18-9/h1,13H,3-12H2,(H,16,18)(H,19,20);10-12H,3-9H2,1-2H3,(H,15,17);1-3,7H,4-5H2,(H,15,17)(H,18,19);1-3,8H,4-6H2,(H,13,15)(H,16,17)/t13-;10-,11-,12-;7-;8-/m0000/s1. The van der Waals surface area contributed by atoms with Crippen molar-refractivity contribution in [2.24, 2.45) is 5.92 Å². The van der Waals surface area contributed by atoms with Crippen LogP contribution >= 0.6 is 0 Å². The van der Waals surface area contributed by atoms with E-state index in [2.05, 4.69) is 43.6 Å². The zero-order valence-electron chi connectivity index (χ0n) is 44.3. The summed E-state index contributed by atoms with van der Waals surface area (Å²) in [5, 5.41) is 37.6. The molecule has 7 N–H and O–H groups in total. The second kappa shape index (κ2) is 28.6. The van der Waals surface area contributed by atoms with E-state index in [0.717, 1.165) is 79.1 Å². The third-order valence-corrected chi connectivity index (χ3v) is 14.3. The summed E-state index contributed by atoms with van der Waals surface area (Å²) in [6, 6.07) is 7.01. The van der Waals surface area contributed by atoms with Crippen molar-refractivity contribution >= 4 is 48.0 Å². The lowest BCUT2D eigenvalue weighted by atomic mass is 9.85. The summed E-state index contributed by atoms with van der Waals surface area (Å²) in [6.45, 7) is 4.43. The molecule has 0 spiro atoms. The smallest absolute Gasteiger partial charge is 0.465 e. The van der Waals surface area contributed by atoms with Crippen LogP contribution in [0.15, 0.2) is 36.4 Å². The molecule has 0 radical (unpaired) electrons. The monoisotopic (exact) mass is 1110 g/mol. The number of amides is 8. The first-order valence-corrected chi connectivity index (χ1v) is 26.5. The summed E-state index contributed by atoms with van der Waals surface area (Å²) in [5.41, 5.74) is 1.17. The summed E-state index contributed by atoms with van der Waals surface area (Å²) < 4.78 is 50.3. The van der Waals surface area contributed by atoms with Gasteiger partial charge in [-0.05, 0) is 79.8 Å². The summed E-state index contributed by atoms with van der Waals surface area (Å²) in [6.07, 6.45) is 12.9. The molecule has 4 atom stereocenters. The minimum absolute atomic E-state index is 0.0335. The van der Waals surface area contributed by atoms with Crippen LogP contribution in [0.4, 0.5) is 28.0 Å². The molecule has 1 saturated carbocycles. The number of terminal acetylenes is 1. The first-order chi connectivity index (χ1) is 37.8. The van der Waals surface area contributed by atoms with Crippen molar-refractivity contribution in [3.63, 3.8) is 0 Å². The normalized spacial score (nSPS) is 22.0. The Hall–Kier alpha value is -7.98. The molecule has 5 fully saturated rings. The van der Waals surface area contributed by atoms with Crippen molar-refractivity contribution in [3.8, 4) is 35.3 Å². The van der Waals surface area contributed by atoms with Gasteiger partial charge in [0.25, 0.3) is 0 Å². The molecule has 4 saturated heterocycles. The van der Waals surface area contributed by atoms with Crippen molar-refractivity contribution in [2.75, 3.05) is 46.6 Å². The van der Waals surface area contributed by atoms with Crippen LogP contribution in [-0.4, -0.2) is 166 Å². The van der Waals surface area contributed by atoms with E-state index in [1.165, 1.54) is 60.1 Å². The van der Waals surface area contributed by atoms with E-state index in [-0.39, 0.29) is 79.8 Å². The van der Waals surface area contributed by atoms with E-state index in [1.54, 1.807) is 25.2 Å². The molecule has 8 amide bonds. The Labute approximate surface area is 455 Å². The van der Waals surface area contributed by atoms with Crippen LogP contribution in [0.3, 0.4) is 0 Å². The maximum Gasteiger partial charge on any atom is 0.586 e. The molecule has 0 bridgehead atoms. The Morgan fingerprint density at radius 1 is 0.646 bits per heavy atom. The molecular weight excluding hydrogens is 1040 g/mol. The maximum atomic E-state index is 12.9. The van der Waals surface area contributed by atoms with Crippen molar-refractivity contribution in [2.45, 2.75) is 146 Å². The Balaban J connectivity index is 0.000000170. The van der Waals surface area contributed by atoms with Crippen molar-refractivity contribution < 1.29 is 86.1 Å². The van der Waals surface area contributed by atoms with Gasteiger partial charge in [0, 0.05) is 46.2 Å². The Morgan fingerprint density at radius 3 is 1.57 bits per heavy atom. The number of fused-ring (bicyclic) bond motifs is 2. The fourth-order valence-electron chi connectivity index (χ4n) is 9.40. The van der Waals surface area contributed by atoms with Crippen LogP contribution < -0.4 is 40.2 Å². The minimum atomic E-state index is -3.72. The number of hydrogen-bond donors (Lipinski definition) is 7. The molecule has 6 aliphatic heterocycles. The van der Waals surface area contributed by atoms with Gasteiger partial charge in [-0.2, -0.15) is 0 Å². The number of hydrogen-bond acceptors (Lipinski definition) is 13. The van der Waals surface area contributed by atoms with Gasteiger partial charge in [-0.25, -0.2) is 19.2 Å². The number of halogens is 2. The SMILES string of the molecule is C#CCCCCCCCCCN(C(=O)O)[C@H]1CNC1=O.CCC[C@H]1CC[C@H](OC(=O)N(C)[C@H]2CNC2=O)CC1.O=C1NC[C@@H]1N(Cc1ccc2c(c1)OC(F)(F)O2)C(=O)O.O=C1NC[C@@H]1N(Cc1ccc2c(c1)OCO2)C(=O)O. The van der Waals surface area contributed by atoms with E-state index >= 15 is 0 Å². The summed E-state index contributed by atoms with van der Waals surface area (Å²) in [7, 11) is 1.63. The molecule has 26 heteroatoms. The number of likely N-dealkylation sites (N-methyl/N-ethyl adjacent to an activating group) is 1. The zero-order chi connectivity index (χ0) is 57.2. The van der Waals surface area contributed by atoms with E-state index < -0.39 is 42.7 Å². The number of β-lactam (4-membered cyclic amide) rings is 4. The molecule has 1 aliphatic carbocycles. The highest BCUT2D eigenvalue weighted by atomic mass is 19.3. The molecule has 2 aromatic rings. The van der Waals surface area contributed by atoms with E-state index in [4.69, 9.17) is 30.8 Å². The number of benzene rings is 2. The number of alkyl halides is 2. The van der Waals surface area contributed by atoms with Crippen LogP contribution in [0.1, 0.15) is 108 Å². The van der Waals surface area contributed by atoms with E-state index in [1.807, 2.05) is 0 Å². The topological polar surface area (TPSA) is 304 Å². The molecule has 24 nitrogen and oxygen atoms in total. The van der Waals surface area contributed by atoms with E-state index in [0.29, 0.717) is 43.2 Å². The number of carboxylic acid groups (broad SMARTS) is 3. The second-order valence-electron chi connectivity index (χ2n) is 19.8. The molecule has 79 heavy (non-hydrogen) atoms.